The summed E-state index contributed by atoms with van der Waals surface area (Å²) in [5.41, 5.74) is -0.484. The van der Waals surface area contributed by atoms with Gasteiger partial charge >= 0.3 is 5.97 Å². The Labute approximate surface area is 136 Å². The normalized spacial score (nSPS) is 17.7. The molecule has 1 fully saturated rings. The van der Waals surface area contributed by atoms with E-state index in [0.29, 0.717) is 38.5 Å². The minimum Gasteiger partial charge on any atom is -0.481 e. The Morgan fingerprint density at radius 2 is 1.78 bits per heavy atom. The van der Waals surface area contributed by atoms with E-state index in [0.717, 1.165) is 0 Å². The second-order valence-corrected chi connectivity index (χ2v) is 6.33. The molecule has 1 saturated heterocycles. The van der Waals surface area contributed by atoms with Crippen molar-refractivity contribution in [2.45, 2.75) is 33.1 Å². The van der Waals surface area contributed by atoms with Crippen molar-refractivity contribution in [1.29, 1.82) is 0 Å². The lowest BCUT2D eigenvalue weighted by Crippen LogP contribution is -2.50. The van der Waals surface area contributed by atoms with Crippen molar-refractivity contribution < 1.29 is 14.7 Å². The van der Waals surface area contributed by atoms with Gasteiger partial charge in [0.25, 0.3) is 0 Å². The second kappa shape index (κ2) is 7.39. The molecule has 1 aliphatic heterocycles. The minimum absolute atomic E-state index is 0.0209. The predicted molar refractivity (Wildman–Crippen MR) is 86.1 cm³/mol. The van der Waals surface area contributed by atoms with Crippen molar-refractivity contribution in [3.63, 3.8) is 0 Å². The molecular formula is C16H24N4O3. The van der Waals surface area contributed by atoms with Gasteiger partial charge in [-0.1, -0.05) is 13.8 Å². The average Bonchev–Trinajstić information content (AvgIpc) is 2.55. The second-order valence-electron chi connectivity index (χ2n) is 6.33. The van der Waals surface area contributed by atoms with Gasteiger partial charge in [0.05, 0.1) is 6.42 Å². The zero-order valence-corrected chi connectivity index (χ0v) is 13.7. The van der Waals surface area contributed by atoms with E-state index in [9.17, 15) is 9.59 Å². The highest BCUT2D eigenvalue weighted by atomic mass is 16.4. The molecule has 1 aliphatic rings. The zero-order chi connectivity index (χ0) is 16.9. The lowest BCUT2D eigenvalue weighted by Gasteiger charge is -2.36. The van der Waals surface area contributed by atoms with Gasteiger partial charge in [-0.15, -0.1) is 0 Å². The molecule has 1 aromatic heterocycles. The number of aromatic nitrogens is 2. The first-order valence-corrected chi connectivity index (χ1v) is 7.95. The van der Waals surface area contributed by atoms with Gasteiger partial charge in [0, 0.05) is 45.0 Å². The largest absolute Gasteiger partial charge is 0.481 e. The van der Waals surface area contributed by atoms with E-state index in [-0.39, 0.29) is 18.7 Å². The fourth-order valence-corrected chi connectivity index (χ4v) is 2.76. The molecule has 0 unspecified atom stereocenters. The first-order valence-electron chi connectivity index (χ1n) is 7.95. The topological polar surface area (TPSA) is 86.6 Å². The summed E-state index contributed by atoms with van der Waals surface area (Å²) in [7, 11) is 0. The fraction of sp³-hybridized carbons (Fsp3) is 0.625. The Morgan fingerprint density at radius 1 is 1.17 bits per heavy atom. The number of carbonyl (C=O) groups excluding carboxylic acids is 1. The third kappa shape index (κ3) is 4.64. The molecule has 7 nitrogen and oxygen atoms in total. The van der Waals surface area contributed by atoms with Crippen LogP contribution in [0.4, 0.5) is 5.95 Å². The van der Waals surface area contributed by atoms with Gasteiger partial charge in [0.1, 0.15) is 0 Å². The van der Waals surface area contributed by atoms with E-state index >= 15 is 0 Å². The molecule has 1 N–H and O–H groups in total. The monoisotopic (exact) mass is 320 g/mol. The molecule has 1 amide bonds. The average molecular weight is 320 g/mol. The number of amides is 1. The molecule has 2 heterocycles. The van der Waals surface area contributed by atoms with Gasteiger partial charge in [-0.25, -0.2) is 9.97 Å². The summed E-state index contributed by atoms with van der Waals surface area (Å²) in [6.07, 6.45) is 4.38. The van der Waals surface area contributed by atoms with Crippen molar-refractivity contribution in [2.75, 3.05) is 31.1 Å². The van der Waals surface area contributed by atoms with Crippen LogP contribution in [0.3, 0.4) is 0 Å². The van der Waals surface area contributed by atoms with Crippen LogP contribution in [-0.2, 0) is 9.59 Å². The van der Waals surface area contributed by atoms with Crippen LogP contribution in [0.5, 0.6) is 0 Å². The van der Waals surface area contributed by atoms with Gasteiger partial charge in [0.15, 0.2) is 0 Å². The SMILES string of the molecule is CC[C@](C)(CC(=O)O)CC(=O)N1CCN(c2ncccn2)CC1. The molecule has 2 rings (SSSR count). The minimum atomic E-state index is -0.854. The number of rotatable bonds is 6. The molecule has 7 heteroatoms. The lowest BCUT2D eigenvalue weighted by molar-refractivity contribution is -0.141. The molecule has 1 aromatic rings. The molecule has 0 bridgehead atoms. The van der Waals surface area contributed by atoms with Crippen LogP contribution in [-0.4, -0.2) is 58.0 Å². The van der Waals surface area contributed by atoms with E-state index in [1.54, 1.807) is 18.5 Å². The maximum Gasteiger partial charge on any atom is 0.303 e. The number of nitrogens with zero attached hydrogens (tertiary/aromatic N) is 4. The standard InChI is InChI=1S/C16H24N4O3/c1-3-16(2,12-14(22)23)11-13(21)19-7-9-20(10-8-19)15-17-5-4-6-18-15/h4-6H,3,7-12H2,1-2H3,(H,22,23)/t16-/m0/s1. The number of anilines is 1. The molecule has 0 aromatic carbocycles. The molecule has 23 heavy (non-hydrogen) atoms. The number of carboxylic acid groups (broad SMARTS) is 1. The highest BCUT2D eigenvalue weighted by Crippen LogP contribution is 2.31. The van der Waals surface area contributed by atoms with Gasteiger partial charge in [-0.3, -0.25) is 9.59 Å². The number of hydrogen-bond acceptors (Lipinski definition) is 5. The van der Waals surface area contributed by atoms with Gasteiger partial charge in [0.2, 0.25) is 11.9 Å². The lowest BCUT2D eigenvalue weighted by atomic mass is 9.80. The fourth-order valence-electron chi connectivity index (χ4n) is 2.76. The first kappa shape index (κ1) is 17.2. The summed E-state index contributed by atoms with van der Waals surface area (Å²) in [5, 5.41) is 9.02. The Morgan fingerprint density at radius 3 is 2.30 bits per heavy atom. The quantitative estimate of drug-likeness (QED) is 0.853. The predicted octanol–water partition coefficient (Wildman–Crippen LogP) is 1.41. The first-order chi connectivity index (χ1) is 10.9. The number of aliphatic carboxylic acids is 1. The zero-order valence-electron chi connectivity index (χ0n) is 13.7. The van der Waals surface area contributed by atoms with E-state index in [2.05, 4.69) is 14.9 Å². The van der Waals surface area contributed by atoms with Crippen LogP contribution in [0.15, 0.2) is 18.5 Å². The van der Waals surface area contributed by atoms with Crippen LogP contribution in [0, 0.1) is 5.41 Å². The van der Waals surface area contributed by atoms with Gasteiger partial charge < -0.3 is 14.9 Å². The smallest absolute Gasteiger partial charge is 0.303 e. The van der Waals surface area contributed by atoms with E-state index in [4.69, 9.17) is 5.11 Å². The number of hydrogen-bond donors (Lipinski definition) is 1. The summed E-state index contributed by atoms with van der Waals surface area (Å²) in [5.74, 6) is -0.138. The summed E-state index contributed by atoms with van der Waals surface area (Å²) in [4.78, 5) is 35.8. The summed E-state index contributed by atoms with van der Waals surface area (Å²) < 4.78 is 0. The molecule has 126 valence electrons. The van der Waals surface area contributed by atoms with Crippen LogP contribution < -0.4 is 4.90 Å². The Hall–Kier alpha value is -2.18. The number of carbonyl (C=O) groups is 2. The van der Waals surface area contributed by atoms with Crippen LogP contribution >= 0.6 is 0 Å². The van der Waals surface area contributed by atoms with E-state index in [1.165, 1.54) is 0 Å². The molecule has 0 spiro atoms. The summed E-state index contributed by atoms with van der Waals surface area (Å²) in [6.45, 7) is 6.41. The molecular weight excluding hydrogens is 296 g/mol. The maximum absolute atomic E-state index is 12.5. The van der Waals surface area contributed by atoms with E-state index in [1.807, 2.05) is 18.7 Å². The molecule has 0 saturated carbocycles. The van der Waals surface area contributed by atoms with Gasteiger partial charge in [-0.2, -0.15) is 0 Å². The van der Waals surface area contributed by atoms with Crippen molar-refractivity contribution in [1.82, 2.24) is 14.9 Å². The molecule has 0 radical (unpaired) electrons. The third-order valence-corrected chi connectivity index (χ3v) is 4.48. The highest BCUT2D eigenvalue weighted by Gasteiger charge is 2.31. The Bertz CT molecular complexity index is 544. The highest BCUT2D eigenvalue weighted by molar-refractivity contribution is 5.78. The summed E-state index contributed by atoms with van der Waals surface area (Å²) >= 11 is 0. The van der Waals surface area contributed by atoms with Crippen LogP contribution in [0.1, 0.15) is 33.1 Å². The molecule has 1 atom stereocenters. The molecule has 0 aliphatic carbocycles. The number of carboxylic acids is 1. The third-order valence-electron chi connectivity index (χ3n) is 4.48. The maximum atomic E-state index is 12.5. The van der Waals surface area contributed by atoms with Crippen LogP contribution in [0.25, 0.3) is 0 Å². The number of piperazine rings is 1. The van der Waals surface area contributed by atoms with Gasteiger partial charge in [-0.05, 0) is 17.9 Å². The van der Waals surface area contributed by atoms with Crippen molar-refractivity contribution in [3.8, 4) is 0 Å². The van der Waals surface area contributed by atoms with E-state index < -0.39 is 11.4 Å². The Kier molecular flexibility index (Phi) is 5.52. The van der Waals surface area contributed by atoms with Crippen LogP contribution in [0.2, 0.25) is 0 Å². The van der Waals surface area contributed by atoms with Crippen molar-refractivity contribution in [2.24, 2.45) is 5.41 Å². The Balaban J connectivity index is 1.89. The summed E-state index contributed by atoms with van der Waals surface area (Å²) in [6, 6.07) is 1.78. The van der Waals surface area contributed by atoms with Crippen molar-refractivity contribution in [3.05, 3.63) is 18.5 Å². The van der Waals surface area contributed by atoms with Crippen molar-refractivity contribution >= 4 is 17.8 Å².